The number of carbonyl (C=O) groups is 1. The van der Waals surface area contributed by atoms with Crippen molar-refractivity contribution in [1.82, 2.24) is 0 Å². The van der Waals surface area contributed by atoms with Crippen LogP contribution in [0.4, 0.5) is 0 Å². The molecule has 2 aromatic carbocycles. The molecule has 29 heavy (non-hydrogen) atoms. The van der Waals surface area contributed by atoms with Gasteiger partial charge in [0.25, 0.3) is 0 Å². The second-order valence-electron chi connectivity index (χ2n) is 7.56. The van der Waals surface area contributed by atoms with Crippen LogP contribution < -0.4 is 33.6 Å². The summed E-state index contributed by atoms with van der Waals surface area (Å²) in [5.41, 5.74) is 4.24. The fourth-order valence-corrected chi connectivity index (χ4v) is 4.30. The van der Waals surface area contributed by atoms with Crippen LogP contribution in [0.3, 0.4) is 0 Å². The molecule has 3 unspecified atom stereocenters. The SMILES string of the molecule is CCC(C)Oc1ccc(PC(=O)c2c(C)cc(C)cc2C)c(OC(C)CC)c1.[Li+]. The van der Waals surface area contributed by atoms with E-state index < -0.39 is 0 Å². The third-order valence-electron chi connectivity index (χ3n) is 4.92. The Labute approximate surface area is 189 Å². The summed E-state index contributed by atoms with van der Waals surface area (Å²) in [4.78, 5) is 13.1. The van der Waals surface area contributed by atoms with E-state index in [9.17, 15) is 4.79 Å². The van der Waals surface area contributed by atoms with Gasteiger partial charge in [0.15, 0.2) is 5.52 Å². The number of hydrogen-bond acceptors (Lipinski definition) is 3. The van der Waals surface area contributed by atoms with Crippen molar-refractivity contribution >= 4 is 19.4 Å². The molecule has 3 atom stereocenters. The Morgan fingerprint density at radius 3 is 2.03 bits per heavy atom. The van der Waals surface area contributed by atoms with Gasteiger partial charge in [0, 0.05) is 16.9 Å². The molecule has 5 heteroatoms. The molecule has 0 amide bonds. The number of carbonyl (C=O) groups excluding carboxylic acids is 1. The molecule has 2 rings (SSSR count). The molecule has 0 heterocycles. The van der Waals surface area contributed by atoms with Crippen LogP contribution in [0.1, 0.15) is 67.6 Å². The standard InChI is InChI=1S/C24H33O3P.Li/c1-8-18(6)26-20-10-11-22(21(14-20)27-19(7)9-2)28-24(25)23-16(4)12-15(3)13-17(23)5;/h10-14,18-19,28H,8-9H2,1-7H3;/q;+1. The number of benzene rings is 2. The van der Waals surface area contributed by atoms with E-state index in [2.05, 4.69) is 39.8 Å². The van der Waals surface area contributed by atoms with Crippen molar-refractivity contribution in [1.29, 1.82) is 0 Å². The van der Waals surface area contributed by atoms with E-state index in [1.54, 1.807) is 0 Å². The van der Waals surface area contributed by atoms with Crippen LogP contribution in [0.5, 0.6) is 11.5 Å². The van der Waals surface area contributed by atoms with E-state index in [1.165, 1.54) is 5.56 Å². The van der Waals surface area contributed by atoms with Gasteiger partial charge in [-0.05, 0) is 79.3 Å². The average Bonchev–Trinajstić information content (AvgIpc) is 2.62. The van der Waals surface area contributed by atoms with E-state index in [4.69, 9.17) is 9.47 Å². The number of rotatable bonds is 9. The zero-order valence-electron chi connectivity index (χ0n) is 19.2. The molecule has 0 aromatic heterocycles. The van der Waals surface area contributed by atoms with E-state index in [0.717, 1.165) is 46.3 Å². The van der Waals surface area contributed by atoms with Crippen LogP contribution in [0.25, 0.3) is 0 Å². The Kier molecular flexibility index (Phi) is 10.5. The molecular weight excluding hydrogens is 374 g/mol. The normalized spacial score (nSPS) is 13.1. The molecule has 0 aliphatic carbocycles. The molecule has 0 aliphatic heterocycles. The minimum Gasteiger partial charge on any atom is -0.491 e. The van der Waals surface area contributed by atoms with Crippen LogP contribution in [0, 0.1) is 20.8 Å². The third kappa shape index (κ3) is 7.18. The minimum atomic E-state index is 0. The van der Waals surface area contributed by atoms with Gasteiger partial charge >= 0.3 is 18.9 Å². The quantitative estimate of drug-likeness (QED) is 0.473. The van der Waals surface area contributed by atoms with E-state index in [-0.39, 0.29) is 45.2 Å². The maximum absolute atomic E-state index is 13.1. The van der Waals surface area contributed by atoms with Crippen molar-refractivity contribution in [3.05, 3.63) is 52.6 Å². The second kappa shape index (κ2) is 11.8. The van der Waals surface area contributed by atoms with Gasteiger partial charge < -0.3 is 9.47 Å². The van der Waals surface area contributed by atoms with Gasteiger partial charge in [-0.15, -0.1) is 0 Å². The van der Waals surface area contributed by atoms with Crippen molar-refractivity contribution in [2.75, 3.05) is 0 Å². The van der Waals surface area contributed by atoms with Crippen molar-refractivity contribution in [2.45, 2.75) is 73.5 Å². The van der Waals surface area contributed by atoms with Crippen LogP contribution in [0.2, 0.25) is 0 Å². The van der Waals surface area contributed by atoms with Gasteiger partial charge in [0.2, 0.25) is 0 Å². The molecule has 0 spiro atoms. The van der Waals surface area contributed by atoms with Gasteiger partial charge in [-0.1, -0.05) is 31.5 Å². The predicted octanol–water partition coefficient (Wildman–Crippen LogP) is 3.11. The smallest absolute Gasteiger partial charge is 0.491 e. The third-order valence-corrected chi connectivity index (χ3v) is 6.08. The molecule has 0 N–H and O–H groups in total. The predicted molar refractivity (Wildman–Crippen MR) is 120 cm³/mol. The zero-order chi connectivity index (χ0) is 20.8. The zero-order valence-corrected chi connectivity index (χ0v) is 20.2. The largest absolute Gasteiger partial charge is 1.00 e. The summed E-state index contributed by atoms with van der Waals surface area (Å²) in [6, 6.07) is 10.0. The van der Waals surface area contributed by atoms with Crippen LogP contribution in [0.15, 0.2) is 30.3 Å². The fraction of sp³-hybridized carbons (Fsp3) is 0.458. The van der Waals surface area contributed by atoms with E-state index >= 15 is 0 Å². The van der Waals surface area contributed by atoms with Gasteiger partial charge in [-0.2, -0.15) is 0 Å². The van der Waals surface area contributed by atoms with Gasteiger partial charge in [0.1, 0.15) is 11.5 Å². The van der Waals surface area contributed by atoms with Crippen molar-refractivity contribution in [3.63, 3.8) is 0 Å². The topological polar surface area (TPSA) is 35.5 Å². The Morgan fingerprint density at radius 2 is 1.48 bits per heavy atom. The summed E-state index contributed by atoms with van der Waals surface area (Å²) in [6.07, 6.45) is 2.07. The molecule has 0 aliphatic rings. The van der Waals surface area contributed by atoms with E-state index in [0.29, 0.717) is 0 Å². The first-order valence-corrected chi connectivity index (χ1v) is 11.1. The molecule has 0 bridgehead atoms. The summed E-state index contributed by atoms with van der Waals surface area (Å²) in [5, 5.41) is 0.932. The molecule has 0 fully saturated rings. The first kappa shape index (κ1) is 25.8. The Balaban J connectivity index is 0.00000420. The van der Waals surface area contributed by atoms with Crippen LogP contribution in [-0.2, 0) is 0 Å². The number of aryl methyl sites for hydroxylation is 3. The first-order valence-electron chi connectivity index (χ1n) is 10.1. The van der Waals surface area contributed by atoms with Crippen LogP contribution >= 0.6 is 8.58 Å². The summed E-state index contributed by atoms with van der Waals surface area (Å²) < 4.78 is 12.1. The molecule has 152 valence electrons. The Bertz CT molecular complexity index is 812. The molecule has 0 saturated heterocycles. The van der Waals surface area contributed by atoms with Gasteiger partial charge in [-0.3, -0.25) is 4.79 Å². The Morgan fingerprint density at radius 1 is 0.931 bits per heavy atom. The summed E-state index contributed by atoms with van der Waals surface area (Å²) >= 11 is 0. The van der Waals surface area contributed by atoms with Crippen molar-refractivity contribution in [3.8, 4) is 11.5 Å². The number of ether oxygens (including phenoxy) is 2. The van der Waals surface area contributed by atoms with E-state index in [1.807, 2.05) is 39.0 Å². The summed E-state index contributed by atoms with van der Waals surface area (Å²) in [5.74, 6) is 1.54. The van der Waals surface area contributed by atoms with Crippen LogP contribution in [-0.4, -0.2) is 17.7 Å². The Hall–Kier alpha value is -1.26. The monoisotopic (exact) mass is 407 g/mol. The molecule has 2 aromatic rings. The average molecular weight is 407 g/mol. The maximum Gasteiger partial charge on any atom is 1.00 e. The summed E-state index contributed by atoms with van der Waals surface area (Å²) in [7, 11) is 0.0181. The number of hydrogen-bond donors (Lipinski definition) is 0. The fourth-order valence-electron chi connectivity index (χ4n) is 3.12. The first-order chi connectivity index (χ1) is 13.2. The molecule has 3 nitrogen and oxygen atoms in total. The molecule has 0 radical (unpaired) electrons. The molecule has 0 saturated carbocycles. The second-order valence-corrected chi connectivity index (χ2v) is 8.80. The van der Waals surface area contributed by atoms with Crippen molar-refractivity contribution < 1.29 is 33.1 Å². The van der Waals surface area contributed by atoms with Crippen molar-refractivity contribution in [2.24, 2.45) is 0 Å². The maximum atomic E-state index is 13.1. The van der Waals surface area contributed by atoms with Gasteiger partial charge in [0.05, 0.1) is 12.2 Å². The molecular formula is C24H33LiO3P+. The summed E-state index contributed by atoms with van der Waals surface area (Å²) in [6.45, 7) is 14.4. The van der Waals surface area contributed by atoms with Gasteiger partial charge in [-0.25, -0.2) is 0 Å². The minimum absolute atomic E-state index is 0.